The van der Waals surface area contributed by atoms with E-state index < -0.39 is 6.04 Å². The highest BCUT2D eigenvalue weighted by Crippen LogP contribution is 2.38. The highest BCUT2D eigenvalue weighted by atomic mass is 35.5. The van der Waals surface area contributed by atoms with Gasteiger partial charge in [-0.2, -0.15) is 0 Å². The van der Waals surface area contributed by atoms with Crippen LogP contribution < -0.4 is 19.5 Å². The number of phenols is 1. The number of fused-ring (bicyclic) bond motifs is 1. The summed E-state index contributed by atoms with van der Waals surface area (Å²) in [6, 6.07) is 18.6. The molecule has 0 aliphatic carbocycles. The van der Waals surface area contributed by atoms with Crippen LogP contribution in [0.1, 0.15) is 17.2 Å². The Morgan fingerprint density at radius 2 is 1.74 bits per heavy atom. The smallest absolute Gasteiger partial charge is 0.258 e. The second-order valence-electron chi connectivity index (χ2n) is 7.44. The van der Waals surface area contributed by atoms with Gasteiger partial charge in [0.1, 0.15) is 28.5 Å². The van der Waals surface area contributed by atoms with Gasteiger partial charge in [-0.15, -0.1) is 0 Å². The molecule has 0 bridgehead atoms. The number of carbonyl (C=O) groups excluding carboxylic acids is 1. The van der Waals surface area contributed by atoms with E-state index in [-0.39, 0.29) is 18.3 Å². The number of nitrogens with zero attached hydrogens (tertiary/aromatic N) is 1. The fraction of sp³-hybridized carbons (Fsp3) is 0.154. The molecule has 4 aromatic rings. The highest BCUT2D eigenvalue weighted by molar-refractivity contribution is 6.35. The van der Waals surface area contributed by atoms with Crippen molar-refractivity contribution < 1.29 is 24.1 Å². The minimum absolute atomic E-state index is 0.0603. The Labute approximate surface area is 201 Å². The summed E-state index contributed by atoms with van der Waals surface area (Å²) in [7, 11) is 3.13. The second kappa shape index (κ2) is 10.3. The van der Waals surface area contributed by atoms with E-state index in [0.29, 0.717) is 38.7 Å². The van der Waals surface area contributed by atoms with Gasteiger partial charge in [0.25, 0.3) is 5.91 Å². The van der Waals surface area contributed by atoms with E-state index in [9.17, 15) is 9.90 Å². The summed E-state index contributed by atoms with van der Waals surface area (Å²) in [5.41, 5.74) is 1.48. The predicted octanol–water partition coefficient (Wildman–Crippen LogP) is 4.90. The minimum Gasteiger partial charge on any atom is -0.505 e. The quantitative estimate of drug-likeness (QED) is 0.374. The highest BCUT2D eigenvalue weighted by Gasteiger charge is 2.23. The average Bonchev–Trinajstić information content (AvgIpc) is 2.88. The van der Waals surface area contributed by atoms with Gasteiger partial charge in [0.05, 0.1) is 25.3 Å². The third-order valence-electron chi connectivity index (χ3n) is 5.32. The standard InChI is InChI=1S/C26H23ClN2O5/c1-32-17-10-8-16(9-11-17)24(21-14-22(27)20-7-4-12-28-25(20)26(21)31)29-23(30)15-34-19-6-3-5-18(13-19)33-2/h3-14,24,31H,15H2,1-2H3,(H,29,30). The molecule has 0 radical (unpaired) electrons. The maximum Gasteiger partial charge on any atom is 0.258 e. The molecule has 7 nitrogen and oxygen atoms in total. The van der Waals surface area contributed by atoms with Gasteiger partial charge < -0.3 is 24.6 Å². The lowest BCUT2D eigenvalue weighted by atomic mass is 9.96. The molecule has 0 aliphatic rings. The van der Waals surface area contributed by atoms with Crippen molar-refractivity contribution in [2.24, 2.45) is 0 Å². The van der Waals surface area contributed by atoms with E-state index in [0.717, 1.165) is 5.56 Å². The number of aromatic nitrogens is 1. The molecule has 0 aliphatic heterocycles. The summed E-state index contributed by atoms with van der Waals surface area (Å²) < 4.78 is 16.1. The first-order chi connectivity index (χ1) is 16.5. The summed E-state index contributed by atoms with van der Waals surface area (Å²) >= 11 is 6.50. The summed E-state index contributed by atoms with van der Waals surface area (Å²) in [5.74, 6) is 1.33. The van der Waals surface area contributed by atoms with Gasteiger partial charge in [0, 0.05) is 23.2 Å². The van der Waals surface area contributed by atoms with Crippen LogP contribution in [0.15, 0.2) is 72.9 Å². The number of methoxy groups -OCH3 is 2. The van der Waals surface area contributed by atoms with Crippen molar-refractivity contribution in [2.75, 3.05) is 20.8 Å². The SMILES string of the molecule is COc1ccc(C(NC(=O)COc2cccc(OC)c2)c2cc(Cl)c3cccnc3c2O)cc1. The van der Waals surface area contributed by atoms with Gasteiger partial charge >= 0.3 is 0 Å². The third kappa shape index (κ3) is 5.00. The van der Waals surface area contributed by atoms with Crippen molar-refractivity contribution in [2.45, 2.75) is 6.04 Å². The number of aromatic hydroxyl groups is 1. The van der Waals surface area contributed by atoms with Crippen LogP contribution in [0, 0.1) is 0 Å². The van der Waals surface area contributed by atoms with Gasteiger partial charge in [0.15, 0.2) is 6.61 Å². The zero-order valence-corrected chi connectivity index (χ0v) is 19.4. The number of nitrogens with one attached hydrogen (secondary N) is 1. The molecule has 0 spiro atoms. The first-order valence-electron chi connectivity index (χ1n) is 10.5. The number of benzene rings is 3. The molecule has 3 aromatic carbocycles. The van der Waals surface area contributed by atoms with Gasteiger partial charge in [0.2, 0.25) is 0 Å². The summed E-state index contributed by atoms with van der Waals surface area (Å²) in [4.78, 5) is 17.2. The van der Waals surface area contributed by atoms with Crippen LogP contribution >= 0.6 is 11.6 Å². The largest absolute Gasteiger partial charge is 0.505 e. The topological polar surface area (TPSA) is 89.9 Å². The molecule has 34 heavy (non-hydrogen) atoms. The van der Waals surface area contributed by atoms with E-state index >= 15 is 0 Å². The molecule has 174 valence electrons. The maximum absolute atomic E-state index is 12.9. The van der Waals surface area contributed by atoms with Crippen molar-refractivity contribution >= 4 is 28.4 Å². The van der Waals surface area contributed by atoms with Crippen LogP contribution in [0.25, 0.3) is 10.9 Å². The number of hydrogen-bond acceptors (Lipinski definition) is 6. The lowest BCUT2D eigenvalue weighted by Gasteiger charge is -2.22. The first kappa shape index (κ1) is 23.2. The van der Waals surface area contributed by atoms with E-state index in [4.69, 9.17) is 25.8 Å². The van der Waals surface area contributed by atoms with Gasteiger partial charge in [-0.3, -0.25) is 9.78 Å². The van der Waals surface area contributed by atoms with E-state index in [1.54, 1.807) is 75.0 Å². The van der Waals surface area contributed by atoms with E-state index in [2.05, 4.69) is 10.3 Å². The molecule has 1 amide bonds. The number of pyridine rings is 1. The Bertz CT molecular complexity index is 1310. The monoisotopic (exact) mass is 478 g/mol. The van der Waals surface area contributed by atoms with Crippen molar-refractivity contribution in [3.8, 4) is 23.0 Å². The molecule has 1 unspecified atom stereocenters. The number of amides is 1. The van der Waals surface area contributed by atoms with Crippen LogP contribution in [0.4, 0.5) is 0 Å². The lowest BCUT2D eigenvalue weighted by Crippen LogP contribution is -2.33. The molecule has 1 aromatic heterocycles. The Hall–Kier alpha value is -3.97. The van der Waals surface area contributed by atoms with Crippen LogP contribution in [0.2, 0.25) is 5.02 Å². The number of hydrogen-bond donors (Lipinski definition) is 2. The summed E-state index contributed by atoms with van der Waals surface area (Å²) in [5, 5.41) is 15.0. The molecule has 0 saturated carbocycles. The van der Waals surface area contributed by atoms with Crippen LogP contribution in [0.5, 0.6) is 23.0 Å². The molecule has 1 heterocycles. The molecule has 0 saturated heterocycles. The van der Waals surface area contributed by atoms with E-state index in [1.807, 2.05) is 12.1 Å². The second-order valence-corrected chi connectivity index (χ2v) is 7.84. The number of ether oxygens (including phenoxy) is 3. The zero-order chi connectivity index (χ0) is 24.1. The van der Waals surface area contributed by atoms with Crippen molar-refractivity contribution in [1.82, 2.24) is 10.3 Å². The Balaban J connectivity index is 1.65. The number of phenolic OH excluding ortho intramolecular Hbond substituents is 1. The Morgan fingerprint density at radius 1 is 1.00 bits per heavy atom. The fourth-order valence-electron chi connectivity index (χ4n) is 3.61. The third-order valence-corrected chi connectivity index (χ3v) is 5.63. The summed E-state index contributed by atoms with van der Waals surface area (Å²) in [6.07, 6.45) is 1.57. The van der Waals surface area contributed by atoms with Crippen molar-refractivity contribution in [3.63, 3.8) is 0 Å². The van der Waals surface area contributed by atoms with Crippen molar-refractivity contribution in [3.05, 3.63) is 89.1 Å². The molecule has 4 rings (SSSR count). The molecule has 8 heteroatoms. The normalized spacial score (nSPS) is 11.6. The Morgan fingerprint density at radius 3 is 2.47 bits per heavy atom. The van der Waals surface area contributed by atoms with E-state index in [1.165, 1.54) is 0 Å². The van der Waals surface area contributed by atoms with Gasteiger partial charge in [-0.25, -0.2) is 0 Å². The molecule has 2 N–H and O–H groups in total. The molecular formula is C26H23ClN2O5. The van der Waals surface area contributed by atoms with Crippen LogP contribution in [-0.4, -0.2) is 36.8 Å². The zero-order valence-electron chi connectivity index (χ0n) is 18.6. The molecule has 0 fully saturated rings. The van der Waals surface area contributed by atoms with Crippen LogP contribution in [0.3, 0.4) is 0 Å². The first-order valence-corrected chi connectivity index (χ1v) is 10.8. The Kier molecular flexibility index (Phi) is 7.04. The number of halogens is 1. The average molecular weight is 479 g/mol. The minimum atomic E-state index is -0.712. The number of rotatable bonds is 8. The number of carbonyl (C=O) groups is 1. The lowest BCUT2D eigenvalue weighted by molar-refractivity contribution is -0.123. The molecule has 1 atom stereocenters. The predicted molar refractivity (Wildman–Crippen MR) is 130 cm³/mol. The van der Waals surface area contributed by atoms with Crippen LogP contribution in [-0.2, 0) is 4.79 Å². The van der Waals surface area contributed by atoms with Gasteiger partial charge in [-0.1, -0.05) is 29.8 Å². The fourth-order valence-corrected chi connectivity index (χ4v) is 3.88. The maximum atomic E-state index is 12.9. The van der Waals surface area contributed by atoms with Crippen molar-refractivity contribution in [1.29, 1.82) is 0 Å². The van der Waals surface area contributed by atoms with Gasteiger partial charge in [-0.05, 0) is 48.0 Å². The summed E-state index contributed by atoms with van der Waals surface area (Å²) in [6.45, 7) is -0.236. The molecular weight excluding hydrogens is 456 g/mol.